The third-order valence-electron chi connectivity index (χ3n) is 6.80. The molecular formula is C24H32N6O2. The van der Waals surface area contributed by atoms with Crippen LogP contribution in [0.25, 0.3) is 0 Å². The van der Waals surface area contributed by atoms with Crippen LogP contribution < -0.4 is 20.0 Å². The zero-order valence-electron chi connectivity index (χ0n) is 18.6. The van der Waals surface area contributed by atoms with Gasteiger partial charge in [-0.1, -0.05) is 0 Å². The molecule has 3 aliphatic heterocycles. The van der Waals surface area contributed by atoms with E-state index in [0.29, 0.717) is 0 Å². The van der Waals surface area contributed by atoms with Crippen molar-refractivity contribution in [2.45, 2.75) is 25.7 Å². The van der Waals surface area contributed by atoms with Crippen LogP contribution >= 0.6 is 0 Å². The minimum Gasteiger partial charge on any atom is -0.378 e. The summed E-state index contributed by atoms with van der Waals surface area (Å²) in [4.78, 5) is 28.7. The van der Waals surface area contributed by atoms with Gasteiger partial charge in [0, 0.05) is 56.6 Å². The molecule has 3 aliphatic rings. The first-order valence-corrected chi connectivity index (χ1v) is 11.8. The maximum atomic E-state index is 12.9. The topological polar surface area (TPSA) is 73.8 Å². The number of hydrogen-bond donors (Lipinski definition) is 1. The number of carbonyl (C=O) groups excluding carboxylic acids is 1. The number of morpholine rings is 1. The lowest BCUT2D eigenvalue weighted by molar-refractivity contribution is -0.120. The second-order valence-electron chi connectivity index (χ2n) is 8.82. The van der Waals surface area contributed by atoms with Crippen LogP contribution in [0.2, 0.25) is 0 Å². The molecule has 1 amide bonds. The molecule has 1 aromatic heterocycles. The molecule has 170 valence electrons. The summed E-state index contributed by atoms with van der Waals surface area (Å²) in [5, 5.41) is 3.12. The van der Waals surface area contributed by atoms with Gasteiger partial charge in [0.05, 0.1) is 25.1 Å². The van der Waals surface area contributed by atoms with E-state index in [9.17, 15) is 4.79 Å². The third-order valence-corrected chi connectivity index (χ3v) is 6.80. The molecular weight excluding hydrogens is 404 g/mol. The lowest BCUT2D eigenvalue weighted by atomic mass is 9.95. The van der Waals surface area contributed by atoms with Gasteiger partial charge < -0.3 is 24.8 Å². The van der Waals surface area contributed by atoms with Gasteiger partial charge in [-0.15, -0.1) is 0 Å². The maximum absolute atomic E-state index is 12.9. The van der Waals surface area contributed by atoms with Crippen LogP contribution in [0.1, 0.15) is 25.7 Å². The van der Waals surface area contributed by atoms with Crippen molar-refractivity contribution in [2.24, 2.45) is 5.92 Å². The Kier molecular flexibility index (Phi) is 6.39. The van der Waals surface area contributed by atoms with E-state index < -0.39 is 0 Å². The van der Waals surface area contributed by atoms with Gasteiger partial charge in [0.1, 0.15) is 6.33 Å². The monoisotopic (exact) mass is 436 g/mol. The molecule has 3 saturated heterocycles. The quantitative estimate of drug-likeness (QED) is 0.773. The zero-order chi connectivity index (χ0) is 21.8. The number of aromatic nitrogens is 2. The third kappa shape index (κ3) is 4.65. The van der Waals surface area contributed by atoms with Crippen molar-refractivity contribution < 1.29 is 9.53 Å². The first-order valence-electron chi connectivity index (χ1n) is 11.8. The minimum absolute atomic E-state index is 0.0324. The Balaban J connectivity index is 1.16. The lowest BCUT2D eigenvalue weighted by Gasteiger charge is -2.34. The normalized spacial score (nSPS) is 19.9. The first kappa shape index (κ1) is 21.0. The summed E-state index contributed by atoms with van der Waals surface area (Å²) >= 11 is 0. The molecule has 32 heavy (non-hydrogen) atoms. The average molecular weight is 437 g/mol. The van der Waals surface area contributed by atoms with E-state index in [2.05, 4.69) is 42.1 Å². The van der Waals surface area contributed by atoms with Crippen LogP contribution in [-0.2, 0) is 9.53 Å². The van der Waals surface area contributed by atoms with Gasteiger partial charge in [-0.3, -0.25) is 4.79 Å². The molecule has 0 saturated carbocycles. The Hall–Kier alpha value is -2.87. The second kappa shape index (κ2) is 9.73. The van der Waals surface area contributed by atoms with Crippen molar-refractivity contribution in [3.05, 3.63) is 36.8 Å². The van der Waals surface area contributed by atoms with Crippen LogP contribution in [-0.4, -0.2) is 68.4 Å². The number of nitrogens with zero attached hydrogens (tertiary/aromatic N) is 5. The van der Waals surface area contributed by atoms with Crippen molar-refractivity contribution in [1.82, 2.24) is 9.97 Å². The molecule has 2 aromatic rings. The largest absolute Gasteiger partial charge is 0.378 e. The van der Waals surface area contributed by atoms with Gasteiger partial charge in [0.15, 0.2) is 5.82 Å². The average Bonchev–Trinajstić information content (AvgIpc) is 3.40. The fourth-order valence-corrected chi connectivity index (χ4v) is 4.92. The van der Waals surface area contributed by atoms with E-state index in [4.69, 9.17) is 4.74 Å². The van der Waals surface area contributed by atoms with Crippen molar-refractivity contribution in [3.8, 4) is 0 Å². The number of benzene rings is 1. The van der Waals surface area contributed by atoms with Crippen LogP contribution in [0.15, 0.2) is 36.8 Å². The Labute approximate surface area is 189 Å². The lowest BCUT2D eigenvalue weighted by Crippen LogP contribution is -2.39. The number of ether oxygens (including phenoxy) is 1. The Morgan fingerprint density at radius 3 is 2.34 bits per heavy atom. The highest BCUT2D eigenvalue weighted by molar-refractivity contribution is 5.93. The van der Waals surface area contributed by atoms with Crippen molar-refractivity contribution in [3.63, 3.8) is 0 Å². The number of nitrogens with one attached hydrogen (secondary N) is 1. The van der Waals surface area contributed by atoms with Crippen LogP contribution in [0.3, 0.4) is 0 Å². The number of anilines is 4. The molecule has 5 rings (SSSR count). The van der Waals surface area contributed by atoms with Crippen molar-refractivity contribution in [1.29, 1.82) is 0 Å². The summed E-state index contributed by atoms with van der Waals surface area (Å²) < 4.78 is 5.42. The van der Waals surface area contributed by atoms with E-state index in [1.807, 2.05) is 18.3 Å². The molecule has 4 heterocycles. The SMILES string of the molecule is O=C(Nc1ccc(N2CCOCC2)cc1)C1CCN(c2cncnc2N2CCCC2)CC1. The number of rotatable bonds is 5. The fraction of sp³-hybridized carbons (Fsp3) is 0.542. The predicted molar refractivity (Wildman–Crippen MR) is 127 cm³/mol. The first-order chi connectivity index (χ1) is 15.8. The molecule has 8 heteroatoms. The summed E-state index contributed by atoms with van der Waals surface area (Å²) in [7, 11) is 0. The smallest absolute Gasteiger partial charge is 0.227 e. The number of piperidine rings is 1. The van der Waals surface area contributed by atoms with E-state index >= 15 is 0 Å². The van der Waals surface area contributed by atoms with Crippen LogP contribution in [0.5, 0.6) is 0 Å². The Morgan fingerprint density at radius 2 is 1.62 bits per heavy atom. The van der Waals surface area contributed by atoms with Gasteiger partial charge in [-0.2, -0.15) is 0 Å². The Morgan fingerprint density at radius 1 is 0.906 bits per heavy atom. The molecule has 8 nitrogen and oxygen atoms in total. The Bertz CT molecular complexity index is 901. The predicted octanol–water partition coefficient (Wildman–Crippen LogP) is 2.77. The summed E-state index contributed by atoms with van der Waals surface area (Å²) in [6.07, 6.45) is 7.69. The molecule has 3 fully saturated rings. The zero-order valence-corrected chi connectivity index (χ0v) is 18.6. The fourth-order valence-electron chi connectivity index (χ4n) is 4.92. The van der Waals surface area contributed by atoms with Gasteiger partial charge >= 0.3 is 0 Å². The molecule has 0 unspecified atom stereocenters. The summed E-state index contributed by atoms with van der Waals surface area (Å²) in [5.41, 5.74) is 3.15. The molecule has 0 aliphatic carbocycles. The van der Waals surface area contributed by atoms with Crippen molar-refractivity contribution in [2.75, 3.05) is 72.5 Å². The standard InChI is InChI=1S/C24H32N6O2/c31-24(27-20-3-5-21(6-4-20)28-13-15-32-16-14-28)19-7-11-29(12-8-19)22-17-25-18-26-23(22)30-9-1-2-10-30/h3-6,17-19H,1-2,7-16H2,(H,27,31). The number of carbonyl (C=O) groups is 1. The molecule has 0 radical (unpaired) electrons. The summed E-state index contributed by atoms with van der Waals surface area (Å²) in [6, 6.07) is 8.17. The van der Waals surface area contributed by atoms with Gasteiger partial charge in [-0.05, 0) is 49.9 Å². The van der Waals surface area contributed by atoms with Gasteiger partial charge in [0.25, 0.3) is 0 Å². The number of amides is 1. The molecule has 0 bridgehead atoms. The molecule has 1 N–H and O–H groups in total. The van der Waals surface area contributed by atoms with E-state index in [0.717, 1.165) is 82.5 Å². The minimum atomic E-state index is 0.0324. The van der Waals surface area contributed by atoms with Gasteiger partial charge in [0.2, 0.25) is 5.91 Å². The van der Waals surface area contributed by atoms with E-state index in [-0.39, 0.29) is 11.8 Å². The van der Waals surface area contributed by atoms with E-state index in [1.54, 1.807) is 6.33 Å². The molecule has 1 aromatic carbocycles. The highest BCUT2D eigenvalue weighted by Crippen LogP contribution is 2.32. The maximum Gasteiger partial charge on any atom is 0.227 e. The van der Waals surface area contributed by atoms with Crippen LogP contribution in [0, 0.1) is 5.92 Å². The molecule has 0 atom stereocenters. The highest BCUT2D eigenvalue weighted by atomic mass is 16.5. The number of hydrogen-bond acceptors (Lipinski definition) is 7. The van der Waals surface area contributed by atoms with Crippen molar-refractivity contribution >= 4 is 28.8 Å². The highest BCUT2D eigenvalue weighted by Gasteiger charge is 2.28. The summed E-state index contributed by atoms with van der Waals surface area (Å²) in [5.74, 6) is 1.19. The summed E-state index contributed by atoms with van der Waals surface area (Å²) in [6.45, 7) is 7.19. The van der Waals surface area contributed by atoms with E-state index in [1.165, 1.54) is 18.5 Å². The second-order valence-corrected chi connectivity index (χ2v) is 8.82. The van der Waals surface area contributed by atoms with Crippen LogP contribution in [0.4, 0.5) is 22.9 Å². The molecule has 0 spiro atoms. The van der Waals surface area contributed by atoms with Gasteiger partial charge in [-0.25, -0.2) is 9.97 Å².